The maximum absolute atomic E-state index is 13.6. The SMILES string of the molecule is O=C(CC1c2ccccc2OC12CCc1ccccc1C2=O)c1ccccc1Cl. The summed E-state index contributed by atoms with van der Waals surface area (Å²) in [6.07, 6.45) is 1.47. The van der Waals surface area contributed by atoms with E-state index >= 15 is 0 Å². The van der Waals surface area contributed by atoms with Gasteiger partial charge in [-0.1, -0.05) is 66.2 Å². The molecule has 1 aliphatic carbocycles. The highest BCUT2D eigenvalue weighted by molar-refractivity contribution is 6.34. The fraction of sp³-hybridized carbons (Fsp3) is 0.200. The van der Waals surface area contributed by atoms with Crippen LogP contribution in [0.5, 0.6) is 5.75 Å². The lowest BCUT2D eigenvalue weighted by Gasteiger charge is -2.37. The molecule has 1 heterocycles. The van der Waals surface area contributed by atoms with E-state index in [1.165, 1.54) is 0 Å². The minimum Gasteiger partial charge on any atom is -0.478 e. The van der Waals surface area contributed by atoms with Crippen LogP contribution in [0.25, 0.3) is 0 Å². The number of Topliss-reactive ketones (excluding diaryl/α,β-unsaturated/α-hetero) is 2. The summed E-state index contributed by atoms with van der Waals surface area (Å²) >= 11 is 6.26. The van der Waals surface area contributed by atoms with Crippen molar-refractivity contribution >= 4 is 23.2 Å². The molecule has 1 aliphatic heterocycles. The molecule has 2 atom stereocenters. The van der Waals surface area contributed by atoms with E-state index in [9.17, 15) is 9.59 Å². The molecule has 29 heavy (non-hydrogen) atoms. The summed E-state index contributed by atoms with van der Waals surface area (Å²) in [5.74, 6) is 0.236. The Morgan fingerprint density at radius 2 is 1.72 bits per heavy atom. The monoisotopic (exact) mass is 402 g/mol. The average Bonchev–Trinajstić information content (AvgIpc) is 3.05. The van der Waals surface area contributed by atoms with Crippen LogP contribution in [0.1, 0.15) is 50.6 Å². The van der Waals surface area contributed by atoms with Gasteiger partial charge in [-0.3, -0.25) is 9.59 Å². The van der Waals surface area contributed by atoms with E-state index in [0.29, 0.717) is 28.3 Å². The Morgan fingerprint density at radius 3 is 2.59 bits per heavy atom. The Morgan fingerprint density at radius 1 is 1.00 bits per heavy atom. The van der Waals surface area contributed by atoms with Crippen molar-refractivity contribution in [2.45, 2.75) is 30.8 Å². The minimum atomic E-state index is -1.05. The predicted octanol–water partition coefficient (Wildman–Crippen LogP) is 5.66. The van der Waals surface area contributed by atoms with Crippen molar-refractivity contribution in [3.63, 3.8) is 0 Å². The molecule has 0 aromatic heterocycles. The molecule has 0 saturated carbocycles. The van der Waals surface area contributed by atoms with Gasteiger partial charge in [-0.15, -0.1) is 0 Å². The molecule has 3 nitrogen and oxygen atoms in total. The molecule has 2 unspecified atom stereocenters. The number of carbonyl (C=O) groups excluding carboxylic acids is 2. The van der Waals surface area contributed by atoms with Gasteiger partial charge in [0.15, 0.2) is 11.4 Å². The topological polar surface area (TPSA) is 43.4 Å². The first kappa shape index (κ1) is 18.1. The lowest BCUT2D eigenvalue weighted by molar-refractivity contribution is 0.0359. The van der Waals surface area contributed by atoms with Crippen LogP contribution in [0.3, 0.4) is 0 Å². The summed E-state index contributed by atoms with van der Waals surface area (Å²) in [6, 6.07) is 22.4. The molecule has 1 spiro atoms. The van der Waals surface area contributed by atoms with Crippen molar-refractivity contribution < 1.29 is 14.3 Å². The van der Waals surface area contributed by atoms with Crippen LogP contribution in [-0.4, -0.2) is 17.2 Å². The Balaban J connectivity index is 1.58. The molecule has 0 saturated heterocycles. The molecule has 5 rings (SSSR count). The number of halogens is 1. The van der Waals surface area contributed by atoms with Crippen molar-refractivity contribution in [2.24, 2.45) is 0 Å². The van der Waals surface area contributed by atoms with Gasteiger partial charge in [0.25, 0.3) is 0 Å². The third-order valence-electron chi connectivity index (χ3n) is 6.13. The molecule has 0 bridgehead atoms. The van der Waals surface area contributed by atoms with Crippen molar-refractivity contribution in [1.82, 2.24) is 0 Å². The second-order valence-electron chi connectivity index (χ2n) is 7.68. The molecule has 0 amide bonds. The highest BCUT2D eigenvalue weighted by Crippen LogP contribution is 2.52. The van der Waals surface area contributed by atoms with Gasteiger partial charge in [0.1, 0.15) is 5.75 Å². The van der Waals surface area contributed by atoms with Gasteiger partial charge in [0.05, 0.1) is 5.02 Å². The largest absolute Gasteiger partial charge is 0.478 e. The van der Waals surface area contributed by atoms with Crippen LogP contribution < -0.4 is 4.74 Å². The summed E-state index contributed by atoms with van der Waals surface area (Å²) in [4.78, 5) is 26.8. The van der Waals surface area contributed by atoms with E-state index < -0.39 is 5.60 Å². The first-order valence-electron chi connectivity index (χ1n) is 9.78. The molecular weight excluding hydrogens is 384 g/mol. The molecule has 144 valence electrons. The van der Waals surface area contributed by atoms with E-state index in [0.717, 1.165) is 17.5 Å². The lowest BCUT2D eigenvalue weighted by Crippen LogP contribution is -2.50. The fourth-order valence-corrected chi connectivity index (χ4v) is 4.93. The molecular formula is C25H19ClO3. The Bertz CT molecular complexity index is 1140. The molecule has 2 aliphatic rings. The highest BCUT2D eigenvalue weighted by atomic mass is 35.5. The molecule has 0 N–H and O–H groups in total. The second-order valence-corrected chi connectivity index (χ2v) is 8.08. The summed E-state index contributed by atoms with van der Waals surface area (Å²) in [7, 11) is 0. The van der Waals surface area contributed by atoms with E-state index in [1.54, 1.807) is 24.3 Å². The van der Waals surface area contributed by atoms with Crippen LogP contribution in [0, 0.1) is 0 Å². The van der Waals surface area contributed by atoms with Crippen molar-refractivity contribution in [3.8, 4) is 5.75 Å². The number of ketones is 2. The zero-order valence-corrected chi connectivity index (χ0v) is 16.5. The maximum atomic E-state index is 13.6. The van der Waals surface area contributed by atoms with Gasteiger partial charge in [-0.25, -0.2) is 0 Å². The average molecular weight is 403 g/mol. The standard InChI is InChI=1S/C25H19ClO3/c26-21-11-5-3-10-19(21)22(27)15-20-18-9-4-6-12-23(18)29-25(20)14-13-16-7-1-2-8-17(16)24(25)28/h1-12,20H,13-15H2. The highest BCUT2D eigenvalue weighted by Gasteiger charge is 2.56. The van der Waals surface area contributed by atoms with Crippen molar-refractivity contribution in [1.29, 1.82) is 0 Å². The van der Waals surface area contributed by atoms with Gasteiger partial charge in [0.2, 0.25) is 5.78 Å². The Labute approximate surface area is 174 Å². The number of ether oxygens (including phenoxy) is 1. The maximum Gasteiger partial charge on any atom is 0.207 e. The number of hydrogen-bond donors (Lipinski definition) is 0. The normalized spacial score (nSPS) is 22.1. The number of aryl methyl sites for hydroxylation is 1. The molecule has 3 aromatic carbocycles. The first-order valence-corrected chi connectivity index (χ1v) is 10.2. The number of fused-ring (bicyclic) bond motifs is 2. The van der Waals surface area contributed by atoms with Gasteiger partial charge in [-0.2, -0.15) is 0 Å². The smallest absolute Gasteiger partial charge is 0.207 e. The van der Waals surface area contributed by atoms with Crippen LogP contribution in [0.4, 0.5) is 0 Å². The molecule has 4 heteroatoms. The number of carbonyl (C=O) groups is 2. The van der Waals surface area contributed by atoms with Crippen LogP contribution in [0.2, 0.25) is 5.02 Å². The van der Waals surface area contributed by atoms with Gasteiger partial charge in [0, 0.05) is 29.0 Å². The third-order valence-corrected chi connectivity index (χ3v) is 6.45. The zero-order chi connectivity index (χ0) is 20.0. The summed E-state index contributed by atoms with van der Waals surface area (Å²) in [5.41, 5.74) is 2.09. The van der Waals surface area contributed by atoms with E-state index in [-0.39, 0.29) is 23.9 Å². The minimum absolute atomic E-state index is 0.0347. The van der Waals surface area contributed by atoms with Gasteiger partial charge < -0.3 is 4.74 Å². The van der Waals surface area contributed by atoms with E-state index in [4.69, 9.17) is 16.3 Å². The molecule has 0 fully saturated rings. The Hall–Kier alpha value is -2.91. The lowest BCUT2D eigenvalue weighted by atomic mass is 9.69. The van der Waals surface area contributed by atoms with E-state index in [2.05, 4.69) is 0 Å². The van der Waals surface area contributed by atoms with Crippen molar-refractivity contribution in [2.75, 3.05) is 0 Å². The predicted molar refractivity (Wildman–Crippen MR) is 112 cm³/mol. The summed E-state index contributed by atoms with van der Waals surface area (Å²) < 4.78 is 6.35. The van der Waals surface area contributed by atoms with Crippen LogP contribution in [0.15, 0.2) is 72.8 Å². The second kappa shape index (κ2) is 6.85. The van der Waals surface area contributed by atoms with Gasteiger partial charge >= 0.3 is 0 Å². The summed E-state index contributed by atoms with van der Waals surface area (Å²) in [5, 5.41) is 0.430. The molecule has 0 radical (unpaired) electrons. The summed E-state index contributed by atoms with van der Waals surface area (Å²) in [6.45, 7) is 0. The quantitative estimate of drug-likeness (QED) is 0.531. The van der Waals surface area contributed by atoms with Crippen LogP contribution >= 0.6 is 11.6 Å². The van der Waals surface area contributed by atoms with Crippen LogP contribution in [-0.2, 0) is 6.42 Å². The number of rotatable bonds is 3. The first-order chi connectivity index (χ1) is 14.1. The number of benzene rings is 3. The third kappa shape index (κ3) is 2.80. The Kier molecular flexibility index (Phi) is 4.29. The fourth-order valence-electron chi connectivity index (χ4n) is 4.69. The number of hydrogen-bond acceptors (Lipinski definition) is 3. The zero-order valence-electron chi connectivity index (χ0n) is 15.7. The number of para-hydroxylation sites is 1. The van der Waals surface area contributed by atoms with Crippen molar-refractivity contribution in [3.05, 3.63) is 100 Å². The molecule has 3 aromatic rings. The van der Waals surface area contributed by atoms with Gasteiger partial charge in [-0.05, 0) is 36.6 Å². The van der Waals surface area contributed by atoms with E-state index in [1.807, 2.05) is 48.5 Å².